The molecule has 3 aromatic rings. The molecule has 4 heteroatoms. The molecule has 0 spiro atoms. The van der Waals surface area contributed by atoms with Crippen molar-refractivity contribution in [3.8, 4) is 0 Å². The maximum absolute atomic E-state index is 4.48. The Kier molecular flexibility index (Phi) is 3.53. The minimum Gasteiger partial charge on any atom is -0.378 e. The van der Waals surface area contributed by atoms with Crippen molar-refractivity contribution in [1.82, 2.24) is 4.98 Å². The van der Waals surface area contributed by atoms with E-state index in [0.29, 0.717) is 0 Å². The van der Waals surface area contributed by atoms with Gasteiger partial charge in [-0.25, -0.2) is 0 Å². The van der Waals surface area contributed by atoms with E-state index >= 15 is 0 Å². The van der Waals surface area contributed by atoms with Gasteiger partial charge in [0.25, 0.3) is 0 Å². The van der Waals surface area contributed by atoms with Crippen LogP contribution < -0.4 is 5.32 Å². The molecule has 0 saturated heterocycles. The predicted octanol–water partition coefficient (Wildman–Crippen LogP) is 5.23. The summed E-state index contributed by atoms with van der Waals surface area (Å²) in [5.41, 5.74) is 3.38. The molecule has 19 heavy (non-hydrogen) atoms. The topological polar surface area (TPSA) is 24.9 Å². The quantitative estimate of drug-likeness (QED) is 0.710. The maximum Gasteiger partial charge on any atom is 0.0809 e. The summed E-state index contributed by atoms with van der Waals surface area (Å²) in [5.74, 6) is 0. The molecular weight excluding hydrogens is 320 g/mol. The van der Waals surface area contributed by atoms with Crippen molar-refractivity contribution in [3.05, 3.63) is 58.0 Å². The van der Waals surface area contributed by atoms with Crippen LogP contribution in [-0.2, 0) is 0 Å². The van der Waals surface area contributed by atoms with Gasteiger partial charge in [0.15, 0.2) is 0 Å². The van der Waals surface area contributed by atoms with Crippen LogP contribution in [0.2, 0.25) is 0 Å². The van der Waals surface area contributed by atoms with Crippen molar-refractivity contribution in [2.75, 3.05) is 5.32 Å². The summed E-state index contributed by atoms with van der Waals surface area (Å²) in [4.78, 5) is 4.48. The molecule has 0 radical (unpaired) electrons. The number of rotatable bonds is 3. The van der Waals surface area contributed by atoms with Crippen LogP contribution in [0.25, 0.3) is 10.2 Å². The van der Waals surface area contributed by atoms with Crippen molar-refractivity contribution in [1.29, 1.82) is 0 Å². The smallest absolute Gasteiger partial charge is 0.0809 e. The zero-order valence-corrected chi connectivity index (χ0v) is 12.8. The van der Waals surface area contributed by atoms with Crippen molar-refractivity contribution in [3.63, 3.8) is 0 Å². The first-order valence-electron chi connectivity index (χ1n) is 6.07. The fraction of sp³-hybridized carbons (Fsp3) is 0.133. The van der Waals surface area contributed by atoms with Crippen LogP contribution in [0.1, 0.15) is 18.5 Å². The van der Waals surface area contributed by atoms with E-state index in [2.05, 4.69) is 62.8 Å². The largest absolute Gasteiger partial charge is 0.378 e. The molecule has 1 aromatic carbocycles. The van der Waals surface area contributed by atoms with Gasteiger partial charge in [0.1, 0.15) is 0 Å². The number of pyridine rings is 1. The maximum atomic E-state index is 4.48. The summed E-state index contributed by atoms with van der Waals surface area (Å²) in [6, 6.07) is 12.7. The monoisotopic (exact) mass is 332 g/mol. The summed E-state index contributed by atoms with van der Waals surface area (Å²) in [7, 11) is 0. The molecule has 0 aliphatic heterocycles. The summed E-state index contributed by atoms with van der Waals surface area (Å²) in [6.45, 7) is 2.15. The molecule has 96 valence electrons. The molecule has 2 heterocycles. The van der Waals surface area contributed by atoms with Gasteiger partial charge in [-0.3, -0.25) is 4.98 Å². The number of benzene rings is 1. The Morgan fingerprint density at radius 3 is 3.00 bits per heavy atom. The molecule has 0 fully saturated rings. The first-order valence-corrected chi connectivity index (χ1v) is 7.75. The lowest BCUT2D eigenvalue weighted by Crippen LogP contribution is -2.06. The fourth-order valence-corrected chi connectivity index (χ4v) is 3.20. The van der Waals surface area contributed by atoms with Crippen LogP contribution in [-0.4, -0.2) is 4.98 Å². The van der Waals surface area contributed by atoms with Gasteiger partial charge in [0.2, 0.25) is 0 Å². The molecule has 3 rings (SSSR count). The molecule has 1 unspecified atom stereocenters. The normalized spacial score (nSPS) is 12.5. The van der Waals surface area contributed by atoms with E-state index in [4.69, 9.17) is 0 Å². The van der Waals surface area contributed by atoms with E-state index in [1.54, 1.807) is 11.3 Å². The average molecular weight is 333 g/mol. The highest BCUT2D eigenvalue weighted by molar-refractivity contribution is 9.10. The lowest BCUT2D eigenvalue weighted by Gasteiger charge is -2.15. The number of aromatic nitrogens is 1. The Morgan fingerprint density at radius 2 is 2.16 bits per heavy atom. The zero-order chi connectivity index (χ0) is 13.2. The van der Waals surface area contributed by atoms with E-state index in [9.17, 15) is 0 Å². The van der Waals surface area contributed by atoms with Gasteiger partial charge in [0, 0.05) is 16.4 Å². The Morgan fingerprint density at radius 1 is 1.26 bits per heavy atom. The summed E-state index contributed by atoms with van der Waals surface area (Å²) in [6.07, 6.45) is 1.95. The number of thiophene rings is 1. The van der Waals surface area contributed by atoms with Crippen LogP contribution >= 0.6 is 27.3 Å². The molecule has 2 nitrogen and oxygen atoms in total. The lowest BCUT2D eigenvalue weighted by molar-refractivity contribution is 0.880. The highest BCUT2D eigenvalue weighted by atomic mass is 79.9. The minimum absolute atomic E-state index is 0.230. The number of nitrogens with zero attached hydrogens (tertiary/aromatic N) is 1. The lowest BCUT2D eigenvalue weighted by atomic mass is 10.1. The van der Waals surface area contributed by atoms with Gasteiger partial charge in [-0.05, 0) is 48.2 Å². The van der Waals surface area contributed by atoms with Crippen molar-refractivity contribution in [2.45, 2.75) is 13.0 Å². The minimum atomic E-state index is 0.230. The van der Waals surface area contributed by atoms with Gasteiger partial charge in [-0.1, -0.05) is 22.0 Å². The van der Waals surface area contributed by atoms with Crippen LogP contribution in [0.5, 0.6) is 0 Å². The average Bonchev–Trinajstić information content (AvgIpc) is 2.85. The van der Waals surface area contributed by atoms with E-state index < -0.39 is 0 Å². The zero-order valence-electron chi connectivity index (χ0n) is 10.4. The van der Waals surface area contributed by atoms with Crippen LogP contribution in [0.4, 0.5) is 5.69 Å². The van der Waals surface area contributed by atoms with Crippen LogP contribution in [0, 0.1) is 0 Å². The first kappa shape index (κ1) is 12.6. The van der Waals surface area contributed by atoms with Crippen molar-refractivity contribution in [2.24, 2.45) is 0 Å². The molecule has 0 amide bonds. The van der Waals surface area contributed by atoms with E-state index in [-0.39, 0.29) is 6.04 Å². The Balaban J connectivity index is 1.84. The van der Waals surface area contributed by atoms with E-state index in [0.717, 1.165) is 15.7 Å². The highest BCUT2D eigenvalue weighted by Gasteiger charge is 2.07. The SMILES string of the molecule is CC(Nc1cccc(Br)c1)c1cnc2ccsc2c1. The molecule has 0 aliphatic carbocycles. The number of nitrogens with one attached hydrogen (secondary N) is 1. The second-order valence-electron chi connectivity index (χ2n) is 4.45. The molecule has 1 atom stereocenters. The number of anilines is 1. The third-order valence-corrected chi connectivity index (χ3v) is 4.38. The van der Waals surface area contributed by atoms with Gasteiger partial charge in [-0.15, -0.1) is 11.3 Å². The van der Waals surface area contributed by atoms with Gasteiger partial charge < -0.3 is 5.32 Å². The third-order valence-electron chi connectivity index (χ3n) is 3.03. The standard InChI is InChI=1S/C15H13BrN2S/c1-10(18-13-4-2-3-12(16)8-13)11-7-15-14(17-9-11)5-6-19-15/h2-10,18H,1H3. The highest BCUT2D eigenvalue weighted by Crippen LogP contribution is 2.25. The molecule has 0 bridgehead atoms. The van der Waals surface area contributed by atoms with Crippen molar-refractivity contribution < 1.29 is 0 Å². The number of halogens is 1. The van der Waals surface area contributed by atoms with Crippen LogP contribution in [0.3, 0.4) is 0 Å². The summed E-state index contributed by atoms with van der Waals surface area (Å²) in [5, 5.41) is 5.57. The Bertz CT molecular complexity index is 708. The van der Waals surface area contributed by atoms with Gasteiger partial charge in [-0.2, -0.15) is 0 Å². The Labute approximate surface area is 124 Å². The fourth-order valence-electron chi connectivity index (χ4n) is 2.01. The van der Waals surface area contributed by atoms with E-state index in [1.807, 2.05) is 18.3 Å². The van der Waals surface area contributed by atoms with Crippen molar-refractivity contribution >= 4 is 43.2 Å². The molecule has 0 aliphatic rings. The predicted molar refractivity (Wildman–Crippen MR) is 85.8 cm³/mol. The second kappa shape index (κ2) is 5.31. The van der Waals surface area contributed by atoms with Gasteiger partial charge in [0.05, 0.1) is 16.3 Å². The summed E-state index contributed by atoms with van der Waals surface area (Å²) < 4.78 is 2.32. The van der Waals surface area contributed by atoms with E-state index in [1.165, 1.54) is 10.3 Å². The first-order chi connectivity index (χ1) is 9.22. The third kappa shape index (κ3) is 2.80. The number of hydrogen-bond acceptors (Lipinski definition) is 3. The second-order valence-corrected chi connectivity index (χ2v) is 6.31. The van der Waals surface area contributed by atoms with Crippen LogP contribution in [0.15, 0.2) is 52.4 Å². The molecule has 2 aromatic heterocycles. The molecular formula is C15H13BrN2S. The number of hydrogen-bond donors (Lipinski definition) is 1. The Hall–Kier alpha value is -1.39. The van der Waals surface area contributed by atoms with Gasteiger partial charge >= 0.3 is 0 Å². The molecule has 0 saturated carbocycles. The number of fused-ring (bicyclic) bond motifs is 1. The summed E-state index contributed by atoms with van der Waals surface area (Å²) >= 11 is 5.21. The molecule has 1 N–H and O–H groups in total.